The molecule has 3 rings (SSSR count). The van der Waals surface area contributed by atoms with Crippen molar-refractivity contribution in [1.82, 2.24) is 4.98 Å². The highest BCUT2D eigenvalue weighted by Crippen LogP contribution is 2.27. The first-order valence-corrected chi connectivity index (χ1v) is 5.79. The van der Waals surface area contributed by atoms with E-state index in [0.717, 1.165) is 24.7 Å². The van der Waals surface area contributed by atoms with Gasteiger partial charge in [0.1, 0.15) is 11.6 Å². The molecule has 80 valence electrons. The normalized spacial score (nSPS) is 20.7. The maximum Gasteiger partial charge on any atom is 0.138 e. The monoisotopic (exact) mass is 204 g/mol. The third-order valence-corrected chi connectivity index (χ3v) is 2.98. The molecular weight excluding hydrogens is 188 g/mol. The molecule has 0 spiro atoms. The third kappa shape index (κ3) is 2.06. The average Bonchev–Trinajstić information content (AvgIpc) is 2.92. The molecule has 1 aromatic rings. The summed E-state index contributed by atoms with van der Waals surface area (Å²) >= 11 is 0. The Balaban J connectivity index is 1.68. The summed E-state index contributed by atoms with van der Waals surface area (Å²) in [5, 5.41) is 0. The van der Waals surface area contributed by atoms with Crippen LogP contribution in [0.4, 0.5) is 5.82 Å². The molecule has 0 unspecified atom stereocenters. The largest absolute Gasteiger partial charge is 0.489 e. The van der Waals surface area contributed by atoms with Gasteiger partial charge < -0.3 is 9.64 Å². The van der Waals surface area contributed by atoms with Crippen molar-refractivity contribution in [2.75, 3.05) is 18.0 Å². The van der Waals surface area contributed by atoms with Crippen LogP contribution in [0.1, 0.15) is 25.7 Å². The second-order valence-electron chi connectivity index (χ2n) is 4.36. The number of rotatable bonds is 3. The van der Waals surface area contributed by atoms with Crippen molar-refractivity contribution >= 4 is 5.82 Å². The summed E-state index contributed by atoms with van der Waals surface area (Å²) in [5.74, 6) is 2.01. The van der Waals surface area contributed by atoms with E-state index in [9.17, 15) is 0 Å². The summed E-state index contributed by atoms with van der Waals surface area (Å²) in [6.45, 7) is 2.30. The molecule has 2 fully saturated rings. The number of pyridine rings is 1. The molecule has 3 heteroatoms. The van der Waals surface area contributed by atoms with Crippen molar-refractivity contribution in [3.05, 3.63) is 18.3 Å². The summed E-state index contributed by atoms with van der Waals surface area (Å²) in [5.41, 5.74) is 0. The molecule has 0 bridgehead atoms. The minimum Gasteiger partial charge on any atom is -0.489 e. The molecule has 0 aromatic carbocycles. The lowest BCUT2D eigenvalue weighted by Crippen LogP contribution is -2.18. The predicted octanol–water partition coefficient (Wildman–Crippen LogP) is 2.22. The number of hydrogen-bond donors (Lipinski definition) is 0. The lowest BCUT2D eigenvalue weighted by molar-refractivity contribution is 0.302. The van der Waals surface area contributed by atoms with Crippen LogP contribution < -0.4 is 9.64 Å². The smallest absolute Gasteiger partial charge is 0.138 e. The van der Waals surface area contributed by atoms with Crippen LogP contribution in [0, 0.1) is 0 Å². The van der Waals surface area contributed by atoms with Gasteiger partial charge in [0.15, 0.2) is 0 Å². The number of anilines is 1. The quantitative estimate of drug-likeness (QED) is 0.755. The highest BCUT2D eigenvalue weighted by molar-refractivity contribution is 5.41. The van der Waals surface area contributed by atoms with Crippen molar-refractivity contribution in [3.8, 4) is 5.75 Å². The molecule has 2 heterocycles. The molecule has 1 saturated heterocycles. The van der Waals surface area contributed by atoms with Gasteiger partial charge in [0.25, 0.3) is 0 Å². The Hall–Kier alpha value is -1.25. The molecule has 0 radical (unpaired) electrons. The molecular formula is C12H16N2O. The number of hydrogen-bond acceptors (Lipinski definition) is 3. The lowest BCUT2D eigenvalue weighted by Gasteiger charge is -2.16. The average molecular weight is 204 g/mol. The van der Waals surface area contributed by atoms with Crippen molar-refractivity contribution in [2.24, 2.45) is 0 Å². The SMILES string of the molecule is c1cc(N2CCCC2)ncc1OC1CC1. The number of ether oxygens (including phenoxy) is 1. The summed E-state index contributed by atoms with van der Waals surface area (Å²) < 4.78 is 5.66. The maximum atomic E-state index is 5.66. The Morgan fingerprint density at radius 3 is 2.60 bits per heavy atom. The van der Waals surface area contributed by atoms with Crippen LogP contribution in [0.15, 0.2) is 18.3 Å². The van der Waals surface area contributed by atoms with Crippen molar-refractivity contribution in [1.29, 1.82) is 0 Å². The van der Waals surface area contributed by atoms with Crippen LogP contribution in [-0.4, -0.2) is 24.2 Å². The molecule has 15 heavy (non-hydrogen) atoms. The van der Waals surface area contributed by atoms with Gasteiger partial charge in [-0.3, -0.25) is 0 Å². The minimum atomic E-state index is 0.462. The van der Waals surface area contributed by atoms with Gasteiger partial charge in [-0.2, -0.15) is 0 Å². The molecule has 1 saturated carbocycles. The van der Waals surface area contributed by atoms with E-state index in [1.54, 1.807) is 0 Å². The predicted molar refractivity (Wildman–Crippen MR) is 59.3 cm³/mol. The van der Waals surface area contributed by atoms with Crippen LogP contribution in [0.5, 0.6) is 5.75 Å². The first kappa shape index (κ1) is 9.01. The second kappa shape index (κ2) is 3.72. The standard InChI is InChI=1S/C12H16N2O/c1-2-8-14(7-1)12-6-5-11(9-13-12)15-10-3-4-10/h5-6,9-10H,1-4,7-8H2. The van der Waals surface area contributed by atoms with E-state index >= 15 is 0 Å². The molecule has 0 amide bonds. The summed E-state index contributed by atoms with van der Waals surface area (Å²) in [6, 6.07) is 4.11. The van der Waals surface area contributed by atoms with E-state index in [1.165, 1.54) is 25.7 Å². The van der Waals surface area contributed by atoms with Gasteiger partial charge in [-0.1, -0.05) is 0 Å². The Morgan fingerprint density at radius 1 is 1.20 bits per heavy atom. The highest BCUT2D eigenvalue weighted by Gasteiger charge is 2.23. The number of aromatic nitrogens is 1. The Kier molecular flexibility index (Phi) is 2.24. The van der Waals surface area contributed by atoms with Crippen LogP contribution >= 0.6 is 0 Å². The molecule has 1 aromatic heterocycles. The van der Waals surface area contributed by atoms with Gasteiger partial charge in [-0.25, -0.2) is 4.98 Å². The van der Waals surface area contributed by atoms with Gasteiger partial charge >= 0.3 is 0 Å². The molecule has 0 N–H and O–H groups in total. The van der Waals surface area contributed by atoms with Crippen LogP contribution in [0.2, 0.25) is 0 Å². The summed E-state index contributed by atoms with van der Waals surface area (Å²) in [7, 11) is 0. The van der Waals surface area contributed by atoms with E-state index in [4.69, 9.17) is 4.74 Å². The van der Waals surface area contributed by atoms with E-state index in [-0.39, 0.29) is 0 Å². The first-order valence-electron chi connectivity index (χ1n) is 5.79. The summed E-state index contributed by atoms with van der Waals surface area (Å²) in [4.78, 5) is 6.78. The highest BCUT2D eigenvalue weighted by atomic mass is 16.5. The van der Waals surface area contributed by atoms with Crippen LogP contribution in [-0.2, 0) is 0 Å². The minimum absolute atomic E-state index is 0.462. The fraction of sp³-hybridized carbons (Fsp3) is 0.583. The van der Waals surface area contributed by atoms with E-state index in [0.29, 0.717) is 6.10 Å². The molecule has 3 nitrogen and oxygen atoms in total. The topological polar surface area (TPSA) is 25.4 Å². The Labute approximate surface area is 90.1 Å². The van der Waals surface area contributed by atoms with Crippen molar-refractivity contribution < 1.29 is 4.74 Å². The Morgan fingerprint density at radius 2 is 2.00 bits per heavy atom. The van der Waals surface area contributed by atoms with Gasteiger partial charge in [-0.15, -0.1) is 0 Å². The van der Waals surface area contributed by atoms with Crippen molar-refractivity contribution in [2.45, 2.75) is 31.8 Å². The van der Waals surface area contributed by atoms with Gasteiger partial charge in [0, 0.05) is 13.1 Å². The van der Waals surface area contributed by atoms with E-state index < -0.39 is 0 Å². The molecule has 2 aliphatic rings. The van der Waals surface area contributed by atoms with E-state index in [2.05, 4.69) is 16.0 Å². The summed E-state index contributed by atoms with van der Waals surface area (Å²) in [6.07, 6.45) is 7.31. The van der Waals surface area contributed by atoms with Gasteiger partial charge in [0.2, 0.25) is 0 Å². The van der Waals surface area contributed by atoms with Crippen LogP contribution in [0.25, 0.3) is 0 Å². The zero-order chi connectivity index (χ0) is 10.1. The molecule has 1 aliphatic heterocycles. The first-order chi connectivity index (χ1) is 7.42. The van der Waals surface area contributed by atoms with Gasteiger partial charge in [-0.05, 0) is 37.8 Å². The lowest BCUT2D eigenvalue weighted by atomic mass is 10.4. The Bertz CT molecular complexity index is 326. The fourth-order valence-electron chi connectivity index (χ4n) is 1.95. The fourth-order valence-corrected chi connectivity index (χ4v) is 1.95. The third-order valence-electron chi connectivity index (χ3n) is 2.98. The number of nitrogens with zero attached hydrogens (tertiary/aromatic N) is 2. The van der Waals surface area contributed by atoms with Crippen LogP contribution in [0.3, 0.4) is 0 Å². The van der Waals surface area contributed by atoms with E-state index in [1.807, 2.05) is 12.3 Å². The molecule has 1 aliphatic carbocycles. The second-order valence-corrected chi connectivity index (χ2v) is 4.36. The maximum absolute atomic E-state index is 5.66. The van der Waals surface area contributed by atoms with Gasteiger partial charge in [0.05, 0.1) is 12.3 Å². The zero-order valence-electron chi connectivity index (χ0n) is 8.85. The zero-order valence-corrected chi connectivity index (χ0v) is 8.85. The molecule has 0 atom stereocenters. The van der Waals surface area contributed by atoms with Crippen molar-refractivity contribution in [3.63, 3.8) is 0 Å².